The van der Waals surface area contributed by atoms with Crippen LogP contribution in [0.1, 0.15) is 59.7 Å². The minimum atomic E-state index is -0.319. The molecule has 0 saturated heterocycles. The fourth-order valence-electron chi connectivity index (χ4n) is 5.97. The second kappa shape index (κ2) is 6.83. The molecular weight excluding hydrogens is 408 g/mol. The first-order valence-corrected chi connectivity index (χ1v) is 11.9. The topological polar surface area (TPSA) is 0 Å². The normalized spacial score (nSPS) is 18.5. The van der Waals surface area contributed by atoms with Crippen molar-refractivity contribution >= 4 is 11.6 Å². The molecule has 6 rings (SSSR count). The summed E-state index contributed by atoms with van der Waals surface area (Å²) in [7, 11) is 0. The zero-order valence-electron chi connectivity index (χ0n) is 18.9. The van der Waals surface area contributed by atoms with Crippen LogP contribution in [-0.2, 0) is 23.7 Å². The molecule has 1 atom stereocenters. The summed E-state index contributed by atoms with van der Waals surface area (Å²) in [6, 6.07) is 31.7. The zero-order valence-corrected chi connectivity index (χ0v) is 19.6. The number of aryl methyl sites for hydroxylation is 2. The van der Waals surface area contributed by atoms with Crippen LogP contribution in [0, 0.1) is 0 Å². The van der Waals surface area contributed by atoms with Gasteiger partial charge in [0.15, 0.2) is 0 Å². The molecule has 1 spiro atoms. The van der Waals surface area contributed by atoms with Crippen molar-refractivity contribution in [1.29, 1.82) is 0 Å². The summed E-state index contributed by atoms with van der Waals surface area (Å²) in [4.78, 5) is 0. The summed E-state index contributed by atoms with van der Waals surface area (Å²) < 4.78 is 0. The Balaban J connectivity index is 1.83. The average Bonchev–Trinajstić information content (AvgIpc) is 2.98. The van der Waals surface area contributed by atoms with E-state index < -0.39 is 0 Å². The Kier molecular flexibility index (Phi) is 4.23. The Hall–Kier alpha value is -2.83. The minimum absolute atomic E-state index is 0.0863. The van der Waals surface area contributed by atoms with Crippen LogP contribution in [0.15, 0.2) is 84.9 Å². The fourth-order valence-corrected chi connectivity index (χ4v) is 6.14. The molecule has 0 fully saturated rings. The van der Waals surface area contributed by atoms with Gasteiger partial charge in [-0.3, -0.25) is 0 Å². The van der Waals surface area contributed by atoms with Gasteiger partial charge in [0.1, 0.15) is 0 Å². The van der Waals surface area contributed by atoms with Gasteiger partial charge < -0.3 is 0 Å². The van der Waals surface area contributed by atoms with E-state index >= 15 is 0 Å². The van der Waals surface area contributed by atoms with E-state index in [1.165, 1.54) is 50.1 Å². The predicted octanol–water partition coefficient (Wildman–Crippen LogP) is 8.10. The van der Waals surface area contributed by atoms with Gasteiger partial charge in [0.05, 0.1) is 5.41 Å². The lowest BCUT2D eigenvalue weighted by atomic mass is 9.65. The molecule has 0 aromatic heterocycles. The van der Waals surface area contributed by atoms with Crippen LogP contribution in [0.25, 0.3) is 11.1 Å². The monoisotopic (exact) mass is 434 g/mol. The van der Waals surface area contributed by atoms with Gasteiger partial charge >= 0.3 is 0 Å². The molecule has 32 heavy (non-hydrogen) atoms. The third-order valence-electron chi connectivity index (χ3n) is 7.47. The molecule has 2 aliphatic carbocycles. The van der Waals surface area contributed by atoms with E-state index in [4.69, 9.17) is 11.6 Å². The largest absolute Gasteiger partial charge is 0.0843 e. The Bertz CT molecular complexity index is 1370. The van der Waals surface area contributed by atoms with E-state index in [0.717, 1.165) is 17.9 Å². The first-order chi connectivity index (χ1) is 15.4. The maximum Gasteiger partial charge on any atom is 0.0718 e. The van der Waals surface area contributed by atoms with E-state index in [1.807, 2.05) is 0 Å². The lowest BCUT2D eigenvalue weighted by Gasteiger charge is -2.36. The number of hydrogen-bond donors (Lipinski definition) is 0. The maximum absolute atomic E-state index is 6.53. The van der Waals surface area contributed by atoms with Crippen LogP contribution in [0.4, 0.5) is 0 Å². The molecule has 0 nitrogen and oxygen atoms in total. The summed E-state index contributed by atoms with van der Waals surface area (Å²) in [5, 5.41) is 0.793. The van der Waals surface area contributed by atoms with Gasteiger partial charge in [0.25, 0.3) is 0 Å². The summed E-state index contributed by atoms with van der Waals surface area (Å²) >= 11 is 6.53. The maximum atomic E-state index is 6.53. The fraction of sp³-hybridized carbons (Fsp3) is 0.226. The van der Waals surface area contributed by atoms with E-state index in [2.05, 4.69) is 106 Å². The Morgan fingerprint density at radius 1 is 0.625 bits per heavy atom. The van der Waals surface area contributed by atoms with E-state index in [9.17, 15) is 0 Å². The van der Waals surface area contributed by atoms with Gasteiger partial charge in [-0.05, 0) is 80.5 Å². The number of fused-ring (bicyclic) bond motifs is 9. The molecule has 4 aromatic rings. The summed E-state index contributed by atoms with van der Waals surface area (Å²) in [6.45, 7) is 6.92. The molecular formula is C31H27Cl. The van der Waals surface area contributed by atoms with Gasteiger partial charge in [0, 0.05) is 5.02 Å². The highest BCUT2D eigenvalue weighted by atomic mass is 35.5. The lowest BCUT2D eigenvalue weighted by molar-refractivity contribution is 0.587. The second-order valence-electron chi connectivity index (χ2n) is 10.3. The minimum Gasteiger partial charge on any atom is -0.0843 e. The summed E-state index contributed by atoms with van der Waals surface area (Å²) in [5.41, 5.74) is 12.2. The van der Waals surface area contributed by atoms with Gasteiger partial charge in [-0.1, -0.05) is 105 Å². The number of halogens is 1. The quantitative estimate of drug-likeness (QED) is 0.231. The highest BCUT2D eigenvalue weighted by molar-refractivity contribution is 6.31. The summed E-state index contributed by atoms with van der Waals surface area (Å²) in [6.07, 6.45) is 2.12. The highest BCUT2D eigenvalue weighted by Gasteiger charge is 2.49. The molecule has 0 saturated carbocycles. The second-order valence-corrected chi connectivity index (χ2v) is 10.7. The van der Waals surface area contributed by atoms with Crippen molar-refractivity contribution in [1.82, 2.24) is 0 Å². The average molecular weight is 435 g/mol. The Morgan fingerprint density at radius 3 is 2.06 bits per heavy atom. The zero-order chi connectivity index (χ0) is 22.1. The number of rotatable bonds is 0. The van der Waals surface area contributed by atoms with Crippen molar-refractivity contribution < 1.29 is 0 Å². The van der Waals surface area contributed by atoms with Crippen molar-refractivity contribution in [3.63, 3.8) is 0 Å². The predicted molar refractivity (Wildman–Crippen MR) is 135 cm³/mol. The highest BCUT2D eigenvalue weighted by Crippen LogP contribution is 2.58. The third kappa shape index (κ3) is 2.63. The number of benzene rings is 4. The first kappa shape index (κ1) is 19.8. The molecule has 2 aliphatic rings. The van der Waals surface area contributed by atoms with Gasteiger partial charge in [-0.2, -0.15) is 0 Å². The molecule has 1 unspecified atom stereocenters. The van der Waals surface area contributed by atoms with Gasteiger partial charge in [0.2, 0.25) is 0 Å². The molecule has 158 valence electrons. The van der Waals surface area contributed by atoms with E-state index in [0.29, 0.717) is 0 Å². The van der Waals surface area contributed by atoms with Crippen molar-refractivity contribution in [2.24, 2.45) is 0 Å². The molecule has 0 N–H and O–H groups in total. The molecule has 4 aromatic carbocycles. The number of hydrogen-bond acceptors (Lipinski definition) is 0. The molecule has 1 heteroatoms. The van der Waals surface area contributed by atoms with Crippen molar-refractivity contribution in [3.8, 4) is 11.1 Å². The van der Waals surface area contributed by atoms with Crippen molar-refractivity contribution in [3.05, 3.63) is 129 Å². The van der Waals surface area contributed by atoms with E-state index in [-0.39, 0.29) is 10.8 Å². The first-order valence-electron chi connectivity index (χ1n) is 11.5. The van der Waals surface area contributed by atoms with Crippen LogP contribution in [-0.4, -0.2) is 0 Å². The molecule has 0 radical (unpaired) electrons. The Morgan fingerprint density at radius 2 is 1.28 bits per heavy atom. The van der Waals surface area contributed by atoms with Crippen molar-refractivity contribution in [2.75, 3.05) is 0 Å². The third-order valence-corrected chi connectivity index (χ3v) is 7.71. The summed E-state index contributed by atoms with van der Waals surface area (Å²) in [5.74, 6) is 0. The molecule has 0 bridgehead atoms. The smallest absolute Gasteiger partial charge is 0.0718 e. The van der Waals surface area contributed by atoms with Crippen LogP contribution in [0.5, 0.6) is 0 Å². The van der Waals surface area contributed by atoms with Crippen LogP contribution in [0.3, 0.4) is 0 Å². The van der Waals surface area contributed by atoms with Crippen molar-refractivity contribution in [2.45, 2.75) is 44.4 Å². The van der Waals surface area contributed by atoms with Gasteiger partial charge in [-0.25, -0.2) is 0 Å². The standard InChI is InChI=1S/C31H27Cl/c1-30(2,3)22-15-14-21-13-12-20-8-4-6-10-26(20)31(29(21)18-22)27-11-7-5-9-24(27)25-19-23(32)16-17-28(25)31/h4-11,14-19H,12-13H2,1-3H3. The molecule has 0 heterocycles. The molecule has 0 amide bonds. The van der Waals surface area contributed by atoms with Crippen LogP contribution in [0.2, 0.25) is 5.02 Å². The lowest BCUT2D eigenvalue weighted by Crippen LogP contribution is -2.30. The SMILES string of the molecule is CC(C)(C)c1ccc2c(c1)C1(c3ccccc3CC2)c2ccccc2-c2cc(Cl)ccc21. The van der Waals surface area contributed by atoms with E-state index in [1.54, 1.807) is 0 Å². The van der Waals surface area contributed by atoms with Crippen LogP contribution >= 0.6 is 11.6 Å². The van der Waals surface area contributed by atoms with Gasteiger partial charge in [-0.15, -0.1) is 0 Å². The van der Waals surface area contributed by atoms with Crippen LogP contribution < -0.4 is 0 Å². The molecule has 0 aliphatic heterocycles. The Labute approximate surface area is 195 Å².